The Balaban J connectivity index is 1.58. The smallest absolute Gasteiger partial charge is 0.264 e. The molecule has 1 unspecified atom stereocenters. The van der Waals surface area contributed by atoms with Crippen molar-refractivity contribution in [1.29, 1.82) is 0 Å². The monoisotopic (exact) mass is 713 g/mol. The Kier molecular flexibility index (Phi) is 11.5. The predicted octanol–water partition coefficient (Wildman–Crippen LogP) is 6.27. The SMILES string of the molecule is CCCNC(=O)C(Cc1ccccc1)N(Cc1ccc(Cl)cc1Cl)C(=O)CN(c1ccc(F)cc1)S(=O)(=O)c1ccc2c(c1)OCCO2. The predicted molar refractivity (Wildman–Crippen MR) is 183 cm³/mol. The Morgan fingerprint density at radius 2 is 1.62 bits per heavy atom. The van der Waals surface area contributed by atoms with Gasteiger partial charge >= 0.3 is 0 Å². The van der Waals surface area contributed by atoms with Crippen molar-refractivity contribution >= 4 is 50.7 Å². The molecule has 5 rings (SSSR count). The molecule has 0 aliphatic carbocycles. The van der Waals surface area contributed by atoms with Crippen molar-refractivity contribution in [2.45, 2.75) is 37.2 Å². The number of benzene rings is 4. The summed E-state index contributed by atoms with van der Waals surface area (Å²) in [7, 11) is -4.45. The van der Waals surface area contributed by atoms with Crippen LogP contribution in [0.1, 0.15) is 24.5 Å². The molecular formula is C35H34Cl2FN3O6S. The van der Waals surface area contributed by atoms with E-state index in [1.165, 1.54) is 41.3 Å². The normalized spacial score (nSPS) is 13.0. The molecule has 1 aliphatic rings. The van der Waals surface area contributed by atoms with Crippen molar-refractivity contribution in [3.05, 3.63) is 118 Å². The second-order valence-electron chi connectivity index (χ2n) is 11.0. The molecule has 0 saturated carbocycles. The van der Waals surface area contributed by atoms with Gasteiger partial charge in [0.25, 0.3) is 10.0 Å². The van der Waals surface area contributed by atoms with Crippen molar-refractivity contribution < 1.29 is 31.9 Å². The van der Waals surface area contributed by atoms with Gasteiger partial charge in [-0.15, -0.1) is 0 Å². The number of sulfonamides is 1. The number of carbonyl (C=O) groups excluding carboxylic acids is 2. The summed E-state index contributed by atoms with van der Waals surface area (Å²) in [5, 5.41) is 3.54. The van der Waals surface area contributed by atoms with Crippen LogP contribution in [0.25, 0.3) is 0 Å². The average molecular weight is 715 g/mol. The summed E-state index contributed by atoms with van der Waals surface area (Å²) in [5.74, 6) is -1.07. The van der Waals surface area contributed by atoms with E-state index in [-0.39, 0.29) is 40.9 Å². The summed E-state index contributed by atoms with van der Waals surface area (Å²) in [6, 6.07) is 21.8. The highest BCUT2D eigenvalue weighted by molar-refractivity contribution is 7.92. The lowest BCUT2D eigenvalue weighted by Crippen LogP contribution is -2.53. The van der Waals surface area contributed by atoms with Crippen molar-refractivity contribution in [2.24, 2.45) is 0 Å². The van der Waals surface area contributed by atoms with E-state index < -0.39 is 40.2 Å². The van der Waals surface area contributed by atoms with Crippen LogP contribution in [-0.2, 0) is 32.6 Å². The molecule has 0 bridgehead atoms. The van der Waals surface area contributed by atoms with Crippen LogP contribution in [0, 0.1) is 5.82 Å². The number of ether oxygens (including phenoxy) is 2. The molecule has 48 heavy (non-hydrogen) atoms. The molecule has 0 aromatic heterocycles. The van der Waals surface area contributed by atoms with E-state index in [2.05, 4.69) is 5.32 Å². The molecule has 0 radical (unpaired) electrons. The first-order chi connectivity index (χ1) is 23.1. The fraction of sp³-hybridized carbons (Fsp3) is 0.257. The summed E-state index contributed by atoms with van der Waals surface area (Å²) in [6.07, 6.45) is 0.797. The van der Waals surface area contributed by atoms with Crippen molar-refractivity contribution in [1.82, 2.24) is 10.2 Å². The lowest BCUT2D eigenvalue weighted by molar-refractivity contribution is -0.140. The highest BCUT2D eigenvalue weighted by Gasteiger charge is 2.35. The summed E-state index contributed by atoms with van der Waals surface area (Å²) < 4.78 is 54.7. The zero-order valence-electron chi connectivity index (χ0n) is 26.1. The Bertz CT molecular complexity index is 1860. The first kappa shape index (κ1) is 35.0. The second-order valence-corrected chi connectivity index (χ2v) is 13.8. The molecule has 0 spiro atoms. The minimum absolute atomic E-state index is 0.0409. The number of rotatable bonds is 13. The quantitative estimate of drug-likeness (QED) is 0.175. The topological polar surface area (TPSA) is 105 Å². The van der Waals surface area contributed by atoms with Gasteiger partial charge in [0, 0.05) is 35.6 Å². The van der Waals surface area contributed by atoms with Gasteiger partial charge in [-0.1, -0.05) is 66.5 Å². The Morgan fingerprint density at radius 3 is 2.31 bits per heavy atom. The van der Waals surface area contributed by atoms with Gasteiger partial charge in [0.2, 0.25) is 11.8 Å². The molecule has 252 valence electrons. The first-order valence-electron chi connectivity index (χ1n) is 15.3. The number of nitrogens with zero attached hydrogens (tertiary/aromatic N) is 2. The largest absolute Gasteiger partial charge is 0.486 e. The van der Waals surface area contributed by atoms with Crippen LogP contribution in [-0.4, -0.2) is 57.5 Å². The first-order valence-corrected chi connectivity index (χ1v) is 17.5. The molecule has 1 heterocycles. The van der Waals surface area contributed by atoms with Gasteiger partial charge < -0.3 is 19.7 Å². The molecule has 0 saturated heterocycles. The van der Waals surface area contributed by atoms with Gasteiger partial charge in [-0.3, -0.25) is 13.9 Å². The van der Waals surface area contributed by atoms with E-state index in [9.17, 15) is 22.4 Å². The number of carbonyl (C=O) groups is 2. The zero-order valence-corrected chi connectivity index (χ0v) is 28.4. The fourth-order valence-corrected chi connectivity index (χ4v) is 7.10. The molecule has 2 amide bonds. The van der Waals surface area contributed by atoms with E-state index in [4.69, 9.17) is 32.7 Å². The van der Waals surface area contributed by atoms with Crippen LogP contribution in [0.2, 0.25) is 10.0 Å². The number of fused-ring (bicyclic) bond motifs is 1. The number of amides is 2. The second kappa shape index (κ2) is 15.7. The Hall–Kier alpha value is -4.32. The summed E-state index contributed by atoms with van der Waals surface area (Å²) in [5.41, 5.74) is 1.33. The maximum atomic E-state index is 14.5. The van der Waals surface area contributed by atoms with Gasteiger partial charge in [-0.2, -0.15) is 0 Å². The summed E-state index contributed by atoms with van der Waals surface area (Å²) in [6.45, 7) is 1.98. The van der Waals surface area contributed by atoms with E-state index in [0.29, 0.717) is 35.9 Å². The zero-order chi connectivity index (χ0) is 34.3. The van der Waals surface area contributed by atoms with Gasteiger partial charge in [0.15, 0.2) is 11.5 Å². The third-order valence-corrected chi connectivity index (χ3v) is 10.0. The lowest BCUT2D eigenvalue weighted by Gasteiger charge is -2.34. The van der Waals surface area contributed by atoms with Crippen molar-refractivity contribution in [3.63, 3.8) is 0 Å². The van der Waals surface area contributed by atoms with Gasteiger partial charge in [-0.25, -0.2) is 12.8 Å². The highest BCUT2D eigenvalue weighted by Crippen LogP contribution is 2.34. The lowest BCUT2D eigenvalue weighted by atomic mass is 10.0. The molecular weight excluding hydrogens is 680 g/mol. The van der Waals surface area contributed by atoms with E-state index in [0.717, 1.165) is 22.0 Å². The molecule has 0 fully saturated rings. The molecule has 9 nitrogen and oxygen atoms in total. The molecule has 13 heteroatoms. The van der Waals surface area contributed by atoms with Gasteiger partial charge in [0.1, 0.15) is 31.6 Å². The van der Waals surface area contributed by atoms with E-state index in [1.807, 2.05) is 37.3 Å². The molecule has 4 aromatic carbocycles. The molecule has 4 aromatic rings. The Labute approximate surface area is 289 Å². The van der Waals surface area contributed by atoms with Crippen LogP contribution in [0.5, 0.6) is 11.5 Å². The highest BCUT2D eigenvalue weighted by atomic mass is 35.5. The van der Waals surface area contributed by atoms with Gasteiger partial charge in [-0.05, 0) is 66.1 Å². The number of hydrogen-bond donors (Lipinski definition) is 1. The van der Waals surface area contributed by atoms with Crippen LogP contribution in [0.4, 0.5) is 10.1 Å². The summed E-state index contributed by atoms with van der Waals surface area (Å²) >= 11 is 12.7. The number of nitrogens with one attached hydrogen (secondary N) is 1. The van der Waals surface area contributed by atoms with Crippen LogP contribution < -0.4 is 19.1 Å². The van der Waals surface area contributed by atoms with Crippen LogP contribution >= 0.6 is 23.2 Å². The van der Waals surface area contributed by atoms with E-state index in [1.54, 1.807) is 12.1 Å². The third kappa shape index (κ3) is 8.39. The summed E-state index contributed by atoms with van der Waals surface area (Å²) in [4.78, 5) is 29.5. The van der Waals surface area contributed by atoms with Crippen molar-refractivity contribution in [3.8, 4) is 11.5 Å². The maximum absolute atomic E-state index is 14.5. The molecule has 1 N–H and O–H groups in total. The average Bonchev–Trinajstić information content (AvgIpc) is 3.09. The van der Waals surface area contributed by atoms with E-state index >= 15 is 0 Å². The molecule has 1 atom stereocenters. The third-order valence-electron chi connectivity index (χ3n) is 7.67. The standard InChI is InChI=1S/C35H34Cl2FN3O6S/c1-2-16-39-35(43)31(19-24-6-4-3-5-7-24)40(22-25-8-9-26(36)20-30(25)37)34(42)23-41(28-12-10-27(38)11-13-28)48(44,45)29-14-15-32-33(21-29)47-18-17-46-32/h3-15,20-21,31H,2,16-19,22-23H2,1H3,(H,39,43). The number of anilines is 1. The van der Waals surface area contributed by atoms with Gasteiger partial charge in [0.05, 0.1) is 10.6 Å². The minimum atomic E-state index is -4.45. The Morgan fingerprint density at radius 1 is 0.917 bits per heavy atom. The van der Waals surface area contributed by atoms with Crippen LogP contribution in [0.15, 0.2) is 95.9 Å². The minimum Gasteiger partial charge on any atom is -0.486 e. The number of hydrogen-bond acceptors (Lipinski definition) is 6. The van der Waals surface area contributed by atoms with Crippen LogP contribution in [0.3, 0.4) is 0 Å². The number of halogens is 3. The van der Waals surface area contributed by atoms with Crippen molar-refractivity contribution in [2.75, 3.05) is 30.6 Å². The maximum Gasteiger partial charge on any atom is 0.264 e. The molecule has 1 aliphatic heterocycles. The fourth-order valence-electron chi connectivity index (χ4n) is 5.20.